The van der Waals surface area contributed by atoms with Gasteiger partial charge >= 0.3 is 0 Å². The molecule has 0 saturated carbocycles. The van der Waals surface area contributed by atoms with Crippen LogP contribution >= 0.6 is 11.6 Å². The van der Waals surface area contributed by atoms with Gasteiger partial charge < -0.3 is 10.4 Å². The molecule has 5 heteroatoms. The molecule has 0 spiro atoms. The van der Waals surface area contributed by atoms with E-state index in [1.54, 1.807) is 0 Å². The second-order valence-corrected chi connectivity index (χ2v) is 3.79. The smallest absolute Gasteiger partial charge is 0.287 e. The van der Waals surface area contributed by atoms with E-state index < -0.39 is 0 Å². The molecule has 0 radical (unpaired) electrons. The number of alkyl halides is 1. The zero-order valence-electron chi connectivity index (χ0n) is 9.06. The molecule has 0 aliphatic rings. The molecule has 1 aromatic carbocycles. The molecule has 86 valence electrons. The van der Waals surface area contributed by atoms with Gasteiger partial charge in [0.25, 0.3) is 7.48 Å². The predicted molar refractivity (Wildman–Crippen MR) is 66.9 cm³/mol. The number of hydrogen-bond acceptors (Lipinski definition) is 3. The average Bonchev–Trinajstić information content (AvgIpc) is 2.34. The van der Waals surface area contributed by atoms with Crippen LogP contribution in [0.15, 0.2) is 30.3 Å². The number of nitrogens with two attached hydrogens (primary N) is 1. The first kappa shape index (κ1) is 13.2. The summed E-state index contributed by atoms with van der Waals surface area (Å²) in [5, 5.41) is 0. The Morgan fingerprint density at radius 3 is 2.69 bits per heavy atom. The molecule has 0 fully saturated rings. The van der Waals surface area contributed by atoms with Crippen LogP contribution < -0.4 is 5.73 Å². The highest BCUT2D eigenvalue weighted by molar-refractivity contribution is 6.42. The maximum Gasteiger partial charge on any atom is 0.287 e. The van der Waals surface area contributed by atoms with Gasteiger partial charge in [-0.05, 0) is 12.0 Å². The van der Waals surface area contributed by atoms with Crippen LogP contribution in [-0.4, -0.2) is 25.9 Å². The van der Waals surface area contributed by atoms with Gasteiger partial charge in [0.2, 0.25) is 0 Å². The van der Waals surface area contributed by atoms with Crippen molar-refractivity contribution < 1.29 is 9.45 Å². The third-order valence-electron chi connectivity index (χ3n) is 2.35. The summed E-state index contributed by atoms with van der Waals surface area (Å²) in [4.78, 5) is 11.6. The number of Topliss-reactive ketones (excluding diaryl/α,β-unsaturated/α-hetero) is 1. The summed E-state index contributed by atoms with van der Waals surface area (Å²) < 4.78 is 5.09. The van der Waals surface area contributed by atoms with Crippen molar-refractivity contribution >= 4 is 24.9 Å². The number of carbonyl (C=O) groups excluding carboxylic acids is 1. The maximum absolute atomic E-state index is 11.6. The highest BCUT2D eigenvalue weighted by atomic mass is 35.5. The van der Waals surface area contributed by atoms with Crippen molar-refractivity contribution in [1.82, 2.24) is 0 Å². The van der Waals surface area contributed by atoms with Crippen LogP contribution in [0.2, 0.25) is 5.82 Å². The van der Waals surface area contributed by atoms with Gasteiger partial charge in [-0.1, -0.05) is 30.3 Å². The lowest BCUT2D eigenvalue weighted by Gasteiger charge is -2.12. The van der Waals surface area contributed by atoms with Crippen molar-refractivity contribution in [3.05, 3.63) is 35.9 Å². The van der Waals surface area contributed by atoms with Crippen LogP contribution in [0.3, 0.4) is 0 Å². The molecular formula is C11H15BClNO2. The van der Waals surface area contributed by atoms with Crippen LogP contribution in [0.5, 0.6) is 0 Å². The van der Waals surface area contributed by atoms with Gasteiger partial charge in [-0.15, -0.1) is 11.6 Å². The number of halogens is 1. The molecule has 1 aromatic rings. The number of hydrogen-bond donors (Lipinski definition) is 1. The minimum atomic E-state index is -0.205. The van der Waals surface area contributed by atoms with Crippen molar-refractivity contribution in [2.45, 2.75) is 12.2 Å². The summed E-state index contributed by atoms with van der Waals surface area (Å²) in [6, 6.07) is 9.80. The van der Waals surface area contributed by atoms with E-state index in [4.69, 9.17) is 22.0 Å². The summed E-state index contributed by atoms with van der Waals surface area (Å²) in [6.45, 7) is 0.126. The quantitative estimate of drug-likeness (QED) is 0.441. The first-order valence-electron chi connectivity index (χ1n) is 5.18. The van der Waals surface area contributed by atoms with Crippen molar-refractivity contribution in [2.24, 2.45) is 5.73 Å². The van der Waals surface area contributed by atoms with Gasteiger partial charge in [-0.2, -0.15) is 0 Å². The van der Waals surface area contributed by atoms with E-state index in [9.17, 15) is 4.79 Å². The van der Waals surface area contributed by atoms with Crippen LogP contribution in [0.1, 0.15) is 5.56 Å². The van der Waals surface area contributed by atoms with E-state index in [2.05, 4.69) is 0 Å². The van der Waals surface area contributed by atoms with Gasteiger partial charge in [0.1, 0.15) is 5.78 Å². The number of rotatable bonds is 7. The lowest BCUT2D eigenvalue weighted by atomic mass is 9.73. The molecule has 0 bridgehead atoms. The van der Waals surface area contributed by atoms with Crippen LogP contribution in [-0.2, 0) is 15.9 Å². The van der Waals surface area contributed by atoms with E-state index in [0.717, 1.165) is 5.56 Å². The number of benzene rings is 1. The largest absolute Gasteiger partial charge is 0.427 e. The summed E-state index contributed by atoms with van der Waals surface area (Å²) >= 11 is 5.56. The lowest BCUT2D eigenvalue weighted by molar-refractivity contribution is -0.116. The van der Waals surface area contributed by atoms with Crippen molar-refractivity contribution in [3.8, 4) is 0 Å². The SMILES string of the molecule is NCOB[C@@H](Cc1ccccc1)C(=O)CCl. The molecule has 1 atom stereocenters. The minimum Gasteiger partial charge on any atom is -0.427 e. The molecule has 1 rings (SSSR count). The zero-order valence-corrected chi connectivity index (χ0v) is 9.82. The zero-order chi connectivity index (χ0) is 11.8. The Hall–Kier alpha value is -0.835. The fourth-order valence-corrected chi connectivity index (χ4v) is 1.70. The van der Waals surface area contributed by atoms with E-state index in [0.29, 0.717) is 13.9 Å². The van der Waals surface area contributed by atoms with Crippen LogP contribution in [0.4, 0.5) is 0 Å². The van der Waals surface area contributed by atoms with Crippen LogP contribution in [0, 0.1) is 0 Å². The van der Waals surface area contributed by atoms with Gasteiger partial charge in [-0.25, -0.2) is 0 Å². The Labute approximate surface area is 101 Å². The third kappa shape index (κ3) is 4.35. The summed E-state index contributed by atoms with van der Waals surface area (Å²) in [5.41, 5.74) is 6.35. The lowest BCUT2D eigenvalue weighted by Crippen LogP contribution is -2.23. The Bertz CT molecular complexity index is 321. The van der Waals surface area contributed by atoms with Gasteiger partial charge in [0, 0.05) is 5.82 Å². The highest BCUT2D eigenvalue weighted by Gasteiger charge is 2.19. The monoisotopic (exact) mass is 239 g/mol. The fraction of sp³-hybridized carbons (Fsp3) is 0.364. The van der Waals surface area contributed by atoms with Crippen molar-refractivity contribution in [2.75, 3.05) is 12.6 Å². The standard InChI is InChI=1S/C11H15BClNO2/c13-7-11(15)10(12-16-8-14)6-9-4-2-1-3-5-9/h1-5,10,12H,6-8,14H2/t10-/m0/s1. The molecule has 0 aromatic heterocycles. The summed E-state index contributed by atoms with van der Waals surface area (Å²) in [5.74, 6) is -0.187. The molecular weight excluding hydrogens is 224 g/mol. The Morgan fingerprint density at radius 1 is 1.44 bits per heavy atom. The summed E-state index contributed by atoms with van der Waals surface area (Å²) in [7, 11) is 0.330. The molecule has 0 unspecified atom stereocenters. The van der Waals surface area contributed by atoms with Crippen molar-refractivity contribution in [1.29, 1.82) is 0 Å². The second kappa shape index (κ2) is 7.44. The number of ketones is 1. The average molecular weight is 240 g/mol. The van der Waals surface area contributed by atoms with Crippen LogP contribution in [0.25, 0.3) is 0 Å². The molecule has 3 nitrogen and oxygen atoms in total. The normalized spacial score (nSPS) is 12.1. The molecule has 16 heavy (non-hydrogen) atoms. The first-order chi connectivity index (χ1) is 7.77. The molecule has 0 aliphatic heterocycles. The van der Waals surface area contributed by atoms with Gasteiger partial charge in [0.05, 0.1) is 12.6 Å². The van der Waals surface area contributed by atoms with Crippen molar-refractivity contribution in [3.63, 3.8) is 0 Å². The second-order valence-electron chi connectivity index (χ2n) is 3.52. The molecule has 0 aliphatic carbocycles. The summed E-state index contributed by atoms with van der Waals surface area (Å²) in [6.07, 6.45) is 0.645. The Balaban J connectivity index is 2.59. The maximum atomic E-state index is 11.6. The highest BCUT2D eigenvalue weighted by Crippen LogP contribution is 2.15. The van der Waals surface area contributed by atoms with E-state index in [-0.39, 0.29) is 24.2 Å². The Kier molecular flexibility index (Phi) is 6.15. The predicted octanol–water partition coefficient (Wildman–Crippen LogP) is 1.11. The molecule has 0 heterocycles. The topological polar surface area (TPSA) is 52.3 Å². The minimum absolute atomic E-state index is 0.000954. The first-order valence-corrected chi connectivity index (χ1v) is 5.71. The van der Waals surface area contributed by atoms with Gasteiger partial charge in [-0.3, -0.25) is 4.79 Å². The van der Waals surface area contributed by atoms with Gasteiger partial charge in [0.15, 0.2) is 0 Å². The van der Waals surface area contributed by atoms with E-state index in [1.165, 1.54) is 0 Å². The molecule has 0 amide bonds. The third-order valence-corrected chi connectivity index (χ3v) is 2.61. The molecule has 2 N–H and O–H groups in total. The number of carbonyl (C=O) groups is 1. The van der Waals surface area contributed by atoms with E-state index >= 15 is 0 Å². The fourth-order valence-electron chi connectivity index (χ4n) is 1.48. The molecule has 0 saturated heterocycles. The van der Waals surface area contributed by atoms with E-state index in [1.807, 2.05) is 30.3 Å². The Morgan fingerprint density at radius 2 is 2.12 bits per heavy atom.